The first-order chi connectivity index (χ1) is 11.4. The summed E-state index contributed by atoms with van der Waals surface area (Å²) in [6.07, 6.45) is 1.79. The lowest BCUT2D eigenvalue weighted by atomic mass is 10.3. The summed E-state index contributed by atoms with van der Waals surface area (Å²) in [6.45, 7) is 0.548. The van der Waals surface area contributed by atoms with Crippen LogP contribution in [0.4, 0.5) is 5.69 Å². The van der Waals surface area contributed by atoms with Gasteiger partial charge >= 0.3 is 0 Å². The van der Waals surface area contributed by atoms with Crippen LogP contribution in [0, 0.1) is 0 Å². The number of carbonyl (C=O) groups excluding carboxylic acids is 1. The first-order valence-corrected chi connectivity index (χ1v) is 10.2. The molecule has 0 bridgehead atoms. The molecule has 0 aliphatic rings. The van der Waals surface area contributed by atoms with Gasteiger partial charge in [0, 0.05) is 29.8 Å². The van der Waals surface area contributed by atoms with Crippen molar-refractivity contribution in [2.24, 2.45) is 5.73 Å². The minimum Gasteiger partial charge on any atom is -0.492 e. The quantitative estimate of drug-likeness (QED) is 0.726. The van der Waals surface area contributed by atoms with Crippen LogP contribution in [0.2, 0.25) is 0 Å². The van der Waals surface area contributed by atoms with Crippen molar-refractivity contribution in [3.63, 3.8) is 0 Å². The second-order valence-corrected chi connectivity index (χ2v) is 8.33. The van der Waals surface area contributed by atoms with Gasteiger partial charge < -0.3 is 15.8 Å². The van der Waals surface area contributed by atoms with E-state index in [0.717, 1.165) is 11.3 Å². The van der Waals surface area contributed by atoms with Crippen molar-refractivity contribution in [3.8, 4) is 5.75 Å². The molecule has 1 amide bonds. The van der Waals surface area contributed by atoms with Crippen molar-refractivity contribution in [1.82, 2.24) is 4.98 Å². The van der Waals surface area contributed by atoms with Crippen LogP contribution >= 0.6 is 11.3 Å². The SMILES string of the molecule is CS(=O)(=O)CCOc1cccc(NC(=O)c2csc(CCN)n2)c1. The number of thiazole rings is 1. The Morgan fingerprint density at radius 3 is 2.92 bits per heavy atom. The summed E-state index contributed by atoms with van der Waals surface area (Å²) in [6, 6.07) is 6.76. The molecule has 0 saturated carbocycles. The predicted octanol–water partition coefficient (Wildman–Crippen LogP) is 1.32. The first kappa shape index (κ1) is 18.4. The first-order valence-electron chi connectivity index (χ1n) is 7.24. The Morgan fingerprint density at radius 1 is 1.42 bits per heavy atom. The molecule has 0 fully saturated rings. The molecule has 1 aromatic heterocycles. The van der Waals surface area contributed by atoms with Gasteiger partial charge in [0.25, 0.3) is 5.91 Å². The lowest BCUT2D eigenvalue weighted by Crippen LogP contribution is -2.14. The van der Waals surface area contributed by atoms with E-state index in [4.69, 9.17) is 10.5 Å². The number of sulfone groups is 1. The summed E-state index contributed by atoms with van der Waals surface area (Å²) in [7, 11) is -3.07. The second kappa shape index (κ2) is 8.22. The molecule has 7 nitrogen and oxygen atoms in total. The summed E-state index contributed by atoms with van der Waals surface area (Å²) >= 11 is 1.40. The molecule has 1 heterocycles. The number of anilines is 1. The lowest BCUT2D eigenvalue weighted by Gasteiger charge is -2.08. The maximum absolute atomic E-state index is 12.2. The third-order valence-corrected chi connectivity index (χ3v) is 4.77. The van der Waals surface area contributed by atoms with Crippen molar-refractivity contribution >= 4 is 32.8 Å². The number of aromatic nitrogens is 1. The zero-order chi connectivity index (χ0) is 17.6. The van der Waals surface area contributed by atoms with Gasteiger partial charge in [-0.15, -0.1) is 11.3 Å². The number of amides is 1. The molecule has 1 aromatic carbocycles. The number of hydrogen-bond donors (Lipinski definition) is 2. The van der Waals surface area contributed by atoms with Crippen molar-refractivity contribution in [1.29, 1.82) is 0 Å². The number of benzene rings is 1. The van der Waals surface area contributed by atoms with E-state index in [0.29, 0.717) is 30.1 Å². The van der Waals surface area contributed by atoms with Crippen molar-refractivity contribution in [2.75, 3.05) is 30.5 Å². The minimum atomic E-state index is -3.07. The second-order valence-electron chi connectivity index (χ2n) is 5.13. The van der Waals surface area contributed by atoms with Crippen LogP contribution < -0.4 is 15.8 Å². The number of hydrogen-bond acceptors (Lipinski definition) is 7. The number of rotatable bonds is 8. The van der Waals surface area contributed by atoms with E-state index in [2.05, 4.69) is 10.3 Å². The van der Waals surface area contributed by atoms with E-state index in [1.54, 1.807) is 29.6 Å². The number of nitrogens with two attached hydrogens (primary N) is 1. The molecule has 0 radical (unpaired) electrons. The molecule has 130 valence electrons. The standard InChI is InChI=1S/C15H19N3O4S2/c1-24(20,21)8-7-22-12-4-2-3-11(9-12)17-15(19)13-10-23-14(18-13)5-6-16/h2-4,9-10H,5-8,16H2,1H3,(H,17,19). The van der Waals surface area contributed by atoms with E-state index in [1.807, 2.05) is 0 Å². The molecule has 0 aliphatic heterocycles. The molecule has 2 aromatic rings. The number of ether oxygens (including phenoxy) is 1. The van der Waals surface area contributed by atoms with E-state index in [1.165, 1.54) is 11.3 Å². The van der Waals surface area contributed by atoms with Gasteiger partial charge in [-0.3, -0.25) is 4.79 Å². The van der Waals surface area contributed by atoms with Gasteiger partial charge in [-0.05, 0) is 18.7 Å². The fourth-order valence-corrected chi connectivity index (χ4v) is 3.00. The van der Waals surface area contributed by atoms with Crippen LogP contribution in [0.5, 0.6) is 5.75 Å². The average molecular weight is 369 g/mol. The number of nitrogens with zero attached hydrogens (tertiary/aromatic N) is 1. The molecule has 0 spiro atoms. The maximum atomic E-state index is 12.2. The van der Waals surface area contributed by atoms with Gasteiger partial charge in [0.05, 0.1) is 10.8 Å². The fraction of sp³-hybridized carbons (Fsp3) is 0.333. The van der Waals surface area contributed by atoms with E-state index >= 15 is 0 Å². The Hall–Kier alpha value is -1.97. The Morgan fingerprint density at radius 2 is 2.21 bits per heavy atom. The molecule has 0 atom stereocenters. The van der Waals surface area contributed by atoms with Crippen LogP contribution in [0.15, 0.2) is 29.6 Å². The summed E-state index contributed by atoms with van der Waals surface area (Å²) in [4.78, 5) is 16.4. The van der Waals surface area contributed by atoms with Gasteiger partial charge in [0.15, 0.2) is 9.84 Å². The Balaban J connectivity index is 1.96. The molecule has 0 saturated heterocycles. The molecule has 2 rings (SSSR count). The molecular weight excluding hydrogens is 350 g/mol. The minimum absolute atomic E-state index is 0.0603. The molecule has 24 heavy (non-hydrogen) atoms. The summed E-state index contributed by atoms with van der Waals surface area (Å²) in [5, 5.41) is 5.24. The lowest BCUT2D eigenvalue weighted by molar-refractivity contribution is 0.102. The van der Waals surface area contributed by atoms with E-state index < -0.39 is 9.84 Å². The molecule has 0 unspecified atom stereocenters. The summed E-state index contributed by atoms with van der Waals surface area (Å²) in [5.74, 6) is 0.105. The largest absolute Gasteiger partial charge is 0.492 e. The molecular formula is C15H19N3O4S2. The van der Waals surface area contributed by atoms with Crippen LogP contribution in [-0.4, -0.2) is 44.5 Å². The van der Waals surface area contributed by atoms with E-state index in [9.17, 15) is 13.2 Å². The van der Waals surface area contributed by atoms with Gasteiger partial charge in [0.1, 0.15) is 18.1 Å². The van der Waals surface area contributed by atoms with Crippen LogP contribution in [0.1, 0.15) is 15.5 Å². The maximum Gasteiger partial charge on any atom is 0.275 e. The highest BCUT2D eigenvalue weighted by molar-refractivity contribution is 7.90. The van der Waals surface area contributed by atoms with Gasteiger partial charge in [-0.25, -0.2) is 13.4 Å². The molecule has 0 aliphatic carbocycles. The fourth-order valence-electron chi connectivity index (χ4n) is 1.82. The van der Waals surface area contributed by atoms with Crippen molar-refractivity contribution in [2.45, 2.75) is 6.42 Å². The van der Waals surface area contributed by atoms with Crippen molar-refractivity contribution in [3.05, 3.63) is 40.3 Å². The van der Waals surface area contributed by atoms with Gasteiger partial charge in [-0.1, -0.05) is 6.07 Å². The van der Waals surface area contributed by atoms with E-state index in [-0.39, 0.29) is 18.3 Å². The number of carbonyl (C=O) groups is 1. The molecule has 9 heteroatoms. The zero-order valence-electron chi connectivity index (χ0n) is 13.2. The summed E-state index contributed by atoms with van der Waals surface area (Å²) in [5.41, 5.74) is 6.35. The molecule has 3 N–H and O–H groups in total. The highest BCUT2D eigenvalue weighted by atomic mass is 32.2. The highest BCUT2D eigenvalue weighted by Gasteiger charge is 2.11. The normalized spacial score (nSPS) is 11.2. The Labute approximate surface area is 144 Å². The highest BCUT2D eigenvalue weighted by Crippen LogP contribution is 2.19. The topological polar surface area (TPSA) is 111 Å². The monoisotopic (exact) mass is 369 g/mol. The Kier molecular flexibility index (Phi) is 6.29. The zero-order valence-corrected chi connectivity index (χ0v) is 14.8. The predicted molar refractivity (Wildman–Crippen MR) is 94.5 cm³/mol. The third kappa shape index (κ3) is 5.91. The number of nitrogens with one attached hydrogen (secondary N) is 1. The van der Waals surface area contributed by atoms with Crippen LogP contribution in [-0.2, 0) is 16.3 Å². The van der Waals surface area contributed by atoms with Gasteiger partial charge in [0.2, 0.25) is 0 Å². The summed E-state index contributed by atoms with van der Waals surface area (Å²) < 4.78 is 27.6. The smallest absolute Gasteiger partial charge is 0.275 e. The van der Waals surface area contributed by atoms with Crippen molar-refractivity contribution < 1.29 is 17.9 Å². The van der Waals surface area contributed by atoms with Gasteiger partial charge in [-0.2, -0.15) is 0 Å². The third-order valence-electron chi connectivity index (χ3n) is 2.96. The Bertz CT molecular complexity index is 803. The average Bonchev–Trinajstić information content (AvgIpc) is 2.95. The van der Waals surface area contributed by atoms with Crippen LogP contribution in [0.3, 0.4) is 0 Å². The van der Waals surface area contributed by atoms with Crippen LogP contribution in [0.25, 0.3) is 0 Å².